The fourth-order valence-corrected chi connectivity index (χ4v) is 2.29. The van der Waals surface area contributed by atoms with E-state index in [1.807, 2.05) is 49.5 Å². The van der Waals surface area contributed by atoms with Crippen LogP contribution in [0.3, 0.4) is 0 Å². The molecule has 2 aromatic carbocycles. The van der Waals surface area contributed by atoms with Crippen LogP contribution in [0.4, 0.5) is 5.69 Å². The summed E-state index contributed by atoms with van der Waals surface area (Å²) in [7, 11) is 1.88. The summed E-state index contributed by atoms with van der Waals surface area (Å²) in [5.41, 5.74) is 10.7. The number of nitrogens with two attached hydrogens (primary N) is 1. The van der Waals surface area contributed by atoms with Gasteiger partial charge in [0.1, 0.15) is 0 Å². The Morgan fingerprint density at radius 1 is 1.00 bits per heavy atom. The molecular weight excluding hydrogens is 252 g/mol. The van der Waals surface area contributed by atoms with Crippen molar-refractivity contribution in [2.24, 2.45) is 5.73 Å². The lowest BCUT2D eigenvalue weighted by Gasteiger charge is -2.13. The lowest BCUT2D eigenvalue weighted by molar-refractivity contribution is 0.873. The van der Waals surface area contributed by atoms with Crippen LogP contribution in [0, 0.1) is 0 Å². The molecule has 0 fully saturated rings. The molecule has 5 nitrogen and oxygen atoms in total. The van der Waals surface area contributed by atoms with E-state index < -0.39 is 0 Å². The molecule has 3 aromatic rings. The van der Waals surface area contributed by atoms with Gasteiger partial charge in [0.2, 0.25) is 0 Å². The summed E-state index contributed by atoms with van der Waals surface area (Å²) in [4.78, 5) is 16.7. The maximum absolute atomic E-state index is 11.3. The highest BCUT2D eigenvalue weighted by atomic mass is 16.1. The van der Waals surface area contributed by atoms with Gasteiger partial charge < -0.3 is 21.0 Å². The summed E-state index contributed by atoms with van der Waals surface area (Å²) < 4.78 is 0. The van der Waals surface area contributed by atoms with Gasteiger partial charge in [0.25, 0.3) is 0 Å². The third-order valence-corrected chi connectivity index (χ3v) is 3.46. The number of fused-ring (bicyclic) bond motifs is 1. The van der Waals surface area contributed by atoms with Gasteiger partial charge >= 0.3 is 5.69 Å². The fraction of sp³-hybridized carbons (Fsp3) is 0.133. The third-order valence-electron chi connectivity index (χ3n) is 3.46. The predicted molar refractivity (Wildman–Crippen MR) is 80.9 cm³/mol. The molecule has 0 saturated heterocycles. The molecule has 0 radical (unpaired) electrons. The minimum Gasteiger partial charge on any atom is -0.388 e. The van der Waals surface area contributed by atoms with Crippen LogP contribution >= 0.6 is 0 Å². The molecule has 0 bridgehead atoms. The minimum absolute atomic E-state index is 0.205. The lowest BCUT2D eigenvalue weighted by atomic mass is 9.99. The van der Waals surface area contributed by atoms with Crippen LogP contribution in [-0.4, -0.2) is 17.0 Å². The van der Waals surface area contributed by atoms with Crippen LogP contribution in [0.25, 0.3) is 11.0 Å². The molecule has 1 heterocycles. The quantitative estimate of drug-likeness (QED) is 0.585. The Kier molecular flexibility index (Phi) is 3.04. The van der Waals surface area contributed by atoms with Crippen LogP contribution in [0.15, 0.2) is 47.3 Å². The highest BCUT2D eigenvalue weighted by Crippen LogP contribution is 2.23. The second kappa shape index (κ2) is 4.86. The van der Waals surface area contributed by atoms with Crippen LogP contribution in [0.5, 0.6) is 0 Å². The molecule has 5 heteroatoms. The Hall–Kier alpha value is -2.53. The zero-order valence-corrected chi connectivity index (χ0v) is 11.1. The van der Waals surface area contributed by atoms with Crippen molar-refractivity contribution >= 4 is 16.7 Å². The van der Waals surface area contributed by atoms with E-state index >= 15 is 0 Å². The first kappa shape index (κ1) is 12.5. The molecule has 102 valence electrons. The first-order valence-corrected chi connectivity index (χ1v) is 6.42. The third kappa shape index (κ3) is 2.19. The molecule has 1 aromatic heterocycles. The van der Waals surface area contributed by atoms with Gasteiger partial charge in [-0.25, -0.2) is 4.79 Å². The van der Waals surface area contributed by atoms with Gasteiger partial charge in [0, 0.05) is 12.7 Å². The maximum Gasteiger partial charge on any atom is 0.323 e. The van der Waals surface area contributed by atoms with Gasteiger partial charge in [-0.1, -0.05) is 18.2 Å². The number of hydrogen-bond donors (Lipinski definition) is 4. The zero-order chi connectivity index (χ0) is 14.1. The summed E-state index contributed by atoms with van der Waals surface area (Å²) in [6, 6.07) is 13.5. The molecular formula is C15H16N4O. The lowest BCUT2D eigenvalue weighted by Crippen LogP contribution is -2.11. The number of rotatable bonds is 3. The number of H-pyrrole nitrogens is 2. The monoisotopic (exact) mass is 268 g/mol. The molecule has 1 atom stereocenters. The van der Waals surface area contributed by atoms with Crippen molar-refractivity contribution in [3.05, 3.63) is 64.1 Å². The number of aromatic nitrogens is 2. The number of anilines is 1. The number of aromatic amines is 2. The van der Waals surface area contributed by atoms with Crippen LogP contribution in [0.1, 0.15) is 17.2 Å². The van der Waals surface area contributed by atoms with Crippen molar-refractivity contribution in [1.29, 1.82) is 0 Å². The number of benzene rings is 2. The van der Waals surface area contributed by atoms with Crippen LogP contribution in [0.2, 0.25) is 0 Å². The normalized spacial score (nSPS) is 12.5. The Labute approximate surface area is 115 Å². The minimum atomic E-state index is -0.219. The molecule has 0 aliphatic heterocycles. The van der Waals surface area contributed by atoms with E-state index in [1.165, 1.54) is 0 Å². The van der Waals surface area contributed by atoms with E-state index in [0.29, 0.717) is 0 Å². The second-order valence-corrected chi connectivity index (χ2v) is 4.73. The van der Waals surface area contributed by atoms with Gasteiger partial charge in [-0.2, -0.15) is 0 Å². The largest absolute Gasteiger partial charge is 0.388 e. The van der Waals surface area contributed by atoms with Gasteiger partial charge in [-0.05, 0) is 35.4 Å². The van der Waals surface area contributed by atoms with Crippen molar-refractivity contribution in [3.8, 4) is 0 Å². The molecule has 0 aliphatic rings. The molecule has 0 spiro atoms. The summed E-state index contributed by atoms with van der Waals surface area (Å²) in [6.45, 7) is 0. The van der Waals surface area contributed by atoms with Crippen molar-refractivity contribution in [3.63, 3.8) is 0 Å². The van der Waals surface area contributed by atoms with E-state index in [0.717, 1.165) is 27.8 Å². The van der Waals surface area contributed by atoms with Crippen LogP contribution < -0.4 is 16.7 Å². The van der Waals surface area contributed by atoms with Crippen molar-refractivity contribution in [2.45, 2.75) is 6.04 Å². The molecule has 0 amide bonds. The van der Waals surface area contributed by atoms with Gasteiger partial charge in [0.05, 0.1) is 17.1 Å². The van der Waals surface area contributed by atoms with Crippen LogP contribution in [-0.2, 0) is 0 Å². The van der Waals surface area contributed by atoms with E-state index in [-0.39, 0.29) is 11.7 Å². The number of imidazole rings is 1. The number of hydrogen-bond acceptors (Lipinski definition) is 3. The van der Waals surface area contributed by atoms with Gasteiger partial charge in [0.15, 0.2) is 0 Å². The van der Waals surface area contributed by atoms with E-state index in [2.05, 4.69) is 15.3 Å². The highest BCUT2D eigenvalue weighted by Gasteiger charge is 2.10. The number of nitrogens with one attached hydrogen (secondary N) is 3. The van der Waals surface area contributed by atoms with Gasteiger partial charge in [-0.3, -0.25) is 0 Å². The molecule has 0 saturated carbocycles. The highest BCUT2D eigenvalue weighted by molar-refractivity contribution is 5.75. The molecule has 0 aliphatic carbocycles. The van der Waals surface area contributed by atoms with E-state index in [4.69, 9.17) is 5.73 Å². The summed E-state index contributed by atoms with van der Waals surface area (Å²) in [6.07, 6.45) is 0. The van der Waals surface area contributed by atoms with Crippen molar-refractivity contribution in [1.82, 2.24) is 9.97 Å². The zero-order valence-electron chi connectivity index (χ0n) is 11.1. The summed E-state index contributed by atoms with van der Waals surface area (Å²) >= 11 is 0. The summed E-state index contributed by atoms with van der Waals surface area (Å²) in [5, 5.41) is 3.08. The Morgan fingerprint density at radius 2 is 1.65 bits per heavy atom. The average Bonchev–Trinajstić information content (AvgIpc) is 2.85. The average molecular weight is 268 g/mol. The van der Waals surface area contributed by atoms with E-state index in [9.17, 15) is 4.79 Å². The first-order chi connectivity index (χ1) is 9.67. The Bertz CT molecular complexity index is 785. The van der Waals surface area contributed by atoms with Crippen molar-refractivity contribution in [2.75, 3.05) is 12.4 Å². The smallest absolute Gasteiger partial charge is 0.323 e. The Morgan fingerprint density at radius 3 is 2.35 bits per heavy atom. The maximum atomic E-state index is 11.3. The molecule has 5 N–H and O–H groups in total. The van der Waals surface area contributed by atoms with Crippen molar-refractivity contribution < 1.29 is 0 Å². The molecule has 20 heavy (non-hydrogen) atoms. The van der Waals surface area contributed by atoms with Gasteiger partial charge in [-0.15, -0.1) is 0 Å². The van der Waals surface area contributed by atoms with E-state index in [1.54, 1.807) is 0 Å². The Balaban J connectivity index is 1.97. The first-order valence-electron chi connectivity index (χ1n) is 6.42. The predicted octanol–water partition coefficient (Wildman–Crippen LogP) is 1.95. The SMILES string of the molecule is CNc1ccc(C(N)c2ccc3[nH]c(=O)[nH]c3c2)cc1. The molecule has 1 unspecified atom stereocenters. The molecule has 3 rings (SSSR count). The topological polar surface area (TPSA) is 86.7 Å². The summed E-state index contributed by atoms with van der Waals surface area (Å²) in [5.74, 6) is 0. The fourth-order valence-electron chi connectivity index (χ4n) is 2.29. The standard InChI is InChI=1S/C15H16N4O/c1-17-11-5-2-9(3-6-11)14(16)10-4-7-12-13(8-10)19-15(20)18-12/h2-8,14,17H,16H2,1H3,(H2,18,19,20). The second-order valence-electron chi connectivity index (χ2n) is 4.73.